The summed E-state index contributed by atoms with van der Waals surface area (Å²) < 4.78 is 5.50. The van der Waals surface area contributed by atoms with Crippen molar-refractivity contribution >= 4 is 5.91 Å². The number of amides is 1. The van der Waals surface area contributed by atoms with Crippen LogP contribution in [0.1, 0.15) is 31.4 Å². The largest absolute Gasteiger partial charge is 0.484 e. The molecule has 0 aliphatic carbocycles. The van der Waals surface area contributed by atoms with E-state index in [1.165, 1.54) is 5.56 Å². The number of benzene rings is 1. The van der Waals surface area contributed by atoms with Crippen LogP contribution in [0.4, 0.5) is 0 Å². The minimum atomic E-state index is -0.0596. The Morgan fingerprint density at radius 1 is 1.33 bits per heavy atom. The van der Waals surface area contributed by atoms with Gasteiger partial charge in [0, 0.05) is 6.54 Å². The first-order chi connectivity index (χ1) is 8.49. The van der Waals surface area contributed by atoms with Gasteiger partial charge in [-0.25, -0.2) is 0 Å². The zero-order valence-electron chi connectivity index (χ0n) is 11.7. The molecule has 3 heteroatoms. The highest BCUT2D eigenvalue weighted by Gasteiger charge is 2.04. The lowest BCUT2D eigenvalue weighted by Gasteiger charge is -2.10. The van der Waals surface area contributed by atoms with E-state index in [1.54, 1.807) is 0 Å². The molecule has 1 rings (SSSR count). The highest BCUT2D eigenvalue weighted by atomic mass is 16.5. The molecule has 1 aromatic carbocycles. The second kappa shape index (κ2) is 7.04. The van der Waals surface area contributed by atoms with Crippen LogP contribution in [0.25, 0.3) is 0 Å². The average molecular weight is 249 g/mol. The SMILES string of the molecule is Cc1ccc(OCC(=O)NCCC(C)C)c(C)c1. The number of aryl methyl sites for hydroxylation is 2. The van der Waals surface area contributed by atoms with Crippen molar-refractivity contribution in [3.8, 4) is 5.75 Å². The lowest BCUT2D eigenvalue weighted by molar-refractivity contribution is -0.123. The Kier molecular flexibility index (Phi) is 5.69. The molecule has 18 heavy (non-hydrogen) atoms. The van der Waals surface area contributed by atoms with Gasteiger partial charge < -0.3 is 10.1 Å². The van der Waals surface area contributed by atoms with Crippen LogP contribution in [0.15, 0.2) is 18.2 Å². The number of rotatable bonds is 6. The van der Waals surface area contributed by atoms with Crippen molar-refractivity contribution in [1.82, 2.24) is 5.32 Å². The van der Waals surface area contributed by atoms with E-state index in [2.05, 4.69) is 19.2 Å². The molecule has 0 bridgehead atoms. The van der Waals surface area contributed by atoms with Gasteiger partial charge in [0.2, 0.25) is 0 Å². The molecule has 0 saturated heterocycles. The molecule has 100 valence electrons. The topological polar surface area (TPSA) is 38.3 Å². The fourth-order valence-corrected chi connectivity index (χ4v) is 1.66. The summed E-state index contributed by atoms with van der Waals surface area (Å²) >= 11 is 0. The van der Waals surface area contributed by atoms with Crippen LogP contribution >= 0.6 is 0 Å². The van der Waals surface area contributed by atoms with Crippen molar-refractivity contribution in [2.45, 2.75) is 34.1 Å². The molecule has 0 atom stereocenters. The van der Waals surface area contributed by atoms with Crippen LogP contribution in [0.2, 0.25) is 0 Å². The third kappa shape index (κ3) is 5.21. The smallest absolute Gasteiger partial charge is 0.257 e. The Morgan fingerprint density at radius 3 is 2.67 bits per heavy atom. The van der Waals surface area contributed by atoms with Crippen molar-refractivity contribution in [2.24, 2.45) is 5.92 Å². The Balaban J connectivity index is 2.33. The second-order valence-corrected chi connectivity index (χ2v) is 5.09. The Bertz CT molecular complexity index is 399. The number of carbonyl (C=O) groups is 1. The van der Waals surface area contributed by atoms with E-state index in [4.69, 9.17) is 4.74 Å². The highest BCUT2D eigenvalue weighted by Crippen LogP contribution is 2.18. The Labute approximate surface area is 110 Å². The zero-order chi connectivity index (χ0) is 13.5. The van der Waals surface area contributed by atoms with Crippen molar-refractivity contribution in [3.05, 3.63) is 29.3 Å². The van der Waals surface area contributed by atoms with E-state index in [9.17, 15) is 4.79 Å². The van der Waals surface area contributed by atoms with Crippen LogP contribution in [0.3, 0.4) is 0 Å². The molecular weight excluding hydrogens is 226 g/mol. The fraction of sp³-hybridized carbons (Fsp3) is 0.533. The molecule has 0 saturated carbocycles. The highest BCUT2D eigenvalue weighted by molar-refractivity contribution is 5.77. The molecular formula is C15H23NO2. The third-order valence-electron chi connectivity index (χ3n) is 2.73. The molecule has 0 fully saturated rings. The monoisotopic (exact) mass is 249 g/mol. The summed E-state index contributed by atoms with van der Waals surface area (Å²) in [5, 5.41) is 2.85. The third-order valence-corrected chi connectivity index (χ3v) is 2.73. The van der Waals surface area contributed by atoms with Crippen molar-refractivity contribution < 1.29 is 9.53 Å². The molecule has 0 spiro atoms. The number of hydrogen-bond donors (Lipinski definition) is 1. The summed E-state index contributed by atoms with van der Waals surface area (Å²) in [6, 6.07) is 5.94. The fourth-order valence-electron chi connectivity index (χ4n) is 1.66. The summed E-state index contributed by atoms with van der Waals surface area (Å²) in [5.41, 5.74) is 2.26. The van der Waals surface area contributed by atoms with E-state index in [0.29, 0.717) is 12.5 Å². The van der Waals surface area contributed by atoms with Gasteiger partial charge in [-0.05, 0) is 37.8 Å². The maximum atomic E-state index is 11.5. The second-order valence-electron chi connectivity index (χ2n) is 5.09. The van der Waals surface area contributed by atoms with Gasteiger partial charge in [-0.15, -0.1) is 0 Å². The first-order valence-corrected chi connectivity index (χ1v) is 6.46. The van der Waals surface area contributed by atoms with Gasteiger partial charge in [0.05, 0.1) is 0 Å². The van der Waals surface area contributed by atoms with Crippen LogP contribution in [0.5, 0.6) is 5.75 Å². The van der Waals surface area contributed by atoms with Gasteiger partial charge in [-0.1, -0.05) is 31.5 Å². The normalized spacial score (nSPS) is 10.5. The molecule has 1 N–H and O–H groups in total. The van der Waals surface area contributed by atoms with Crippen LogP contribution in [0, 0.1) is 19.8 Å². The maximum absolute atomic E-state index is 11.5. The standard InChI is InChI=1S/C15H23NO2/c1-11(2)7-8-16-15(17)10-18-14-6-5-12(3)9-13(14)4/h5-6,9,11H,7-8,10H2,1-4H3,(H,16,17). The van der Waals surface area contributed by atoms with Gasteiger partial charge in [-0.3, -0.25) is 4.79 Å². The number of carbonyl (C=O) groups excluding carboxylic acids is 1. The lowest BCUT2D eigenvalue weighted by Crippen LogP contribution is -2.30. The molecule has 1 amide bonds. The molecule has 0 aliphatic heterocycles. The van der Waals surface area contributed by atoms with E-state index in [1.807, 2.05) is 32.0 Å². The van der Waals surface area contributed by atoms with Crippen molar-refractivity contribution in [3.63, 3.8) is 0 Å². The van der Waals surface area contributed by atoms with Gasteiger partial charge in [-0.2, -0.15) is 0 Å². The summed E-state index contributed by atoms with van der Waals surface area (Å²) in [7, 11) is 0. The molecule has 0 radical (unpaired) electrons. The minimum Gasteiger partial charge on any atom is -0.484 e. The van der Waals surface area contributed by atoms with Crippen molar-refractivity contribution in [1.29, 1.82) is 0 Å². The van der Waals surface area contributed by atoms with Gasteiger partial charge in [0.15, 0.2) is 6.61 Å². The first kappa shape index (κ1) is 14.6. The molecule has 0 heterocycles. The van der Waals surface area contributed by atoms with Crippen LogP contribution < -0.4 is 10.1 Å². The number of nitrogens with one attached hydrogen (secondary N) is 1. The lowest BCUT2D eigenvalue weighted by atomic mass is 10.1. The molecule has 1 aromatic rings. The van der Waals surface area contributed by atoms with Gasteiger partial charge >= 0.3 is 0 Å². The van der Waals surface area contributed by atoms with Crippen LogP contribution in [-0.4, -0.2) is 19.1 Å². The maximum Gasteiger partial charge on any atom is 0.257 e. The van der Waals surface area contributed by atoms with E-state index in [0.717, 1.165) is 17.7 Å². The summed E-state index contributed by atoms with van der Waals surface area (Å²) in [6.45, 7) is 9.10. The van der Waals surface area contributed by atoms with E-state index < -0.39 is 0 Å². The summed E-state index contributed by atoms with van der Waals surface area (Å²) in [5.74, 6) is 1.32. The Hall–Kier alpha value is -1.51. The van der Waals surface area contributed by atoms with Gasteiger partial charge in [0.25, 0.3) is 5.91 Å². The molecule has 0 aromatic heterocycles. The zero-order valence-corrected chi connectivity index (χ0v) is 11.7. The van der Waals surface area contributed by atoms with Gasteiger partial charge in [0.1, 0.15) is 5.75 Å². The Morgan fingerprint density at radius 2 is 2.06 bits per heavy atom. The predicted octanol–water partition coefficient (Wildman–Crippen LogP) is 2.84. The average Bonchev–Trinajstić information content (AvgIpc) is 2.27. The first-order valence-electron chi connectivity index (χ1n) is 6.46. The van der Waals surface area contributed by atoms with Crippen LogP contribution in [-0.2, 0) is 4.79 Å². The molecule has 3 nitrogen and oxygen atoms in total. The summed E-state index contributed by atoms with van der Waals surface area (Å²) in [6.07, 6.45) is 0.995. The van der Waals surface area contributed by atoms with E-state index >= 15 is 0 Å². The van der Waals surface area contributed by atoms with E-state index in [-0.39, 0.29) is 12.5 Å². The molecule has 0 unspecified atom stereocenters. The predicted molar refractivity (Wildman–Crippen MR) is 73.9 cm³/mol. The van der Waals surface area contributed by atoms with Crippen molar-refractivity contribution in [2.75, 3.05) is 13.2 Å². The number of ether oxygens (including phenoxy) is 1. The minimum absolute atomic E-state index is 0.0596. The number of hydrogen-bond acceptors (Lipinski definition) is 2. The quantitative estimate of drug-likeness (QED) is 0.842. The summed E-state index contributed by atoms with van der Waals surface area (Å²) in [4.78, 5) is 11.5. The molecule has 0 aliphatic rings.